The molecule has 4 rings (SSSR count). The number of furan rings is 1. The summed E-state index contributed by atoms with van der Waals surface area (Å²) in [7, 11) is -3.23. The molecule has 138 valence electrons. The van der Waals surface area contributed by atoms with Gasteiger partial charge >= 0.3 is 0 Å². The van der Waals surface area contributed by atoms with Crippen molar-refractivity contribution in [3.8, 4) is 22.6 Å². The fourth-order valence-corrected chi connectivity index (χ4v) is 4.35. The smallest absolute Gasteiger partial charge is 0.247 e. The summed E-state index contributed by atoms with van der Waals surface area (Å²) < 4.78 is 35.6. The van der Waals surface area contributed by atoms with Crippen LogP contribution in [-0.4, -0.2) is 24.4 Å². The fraction of sp³-hybridized carbons (Fsp3) is 0.200. The summed E-state index contributed by atoms with van der Waals surface area (Å²) >= 11 is 0. The lowest BCUT2D eigenvalue weighted by Gasteiger charge is -2.04. The first kappa shape index (κ1) is 17.5. The van der Waals surface area contributed by atoms with Gasteiger partial charge in [0.1, 0.15) is 5.58 Å². The third-order valence-corrected chi connectivity index (χ3v) is 6.28. The SMILES string of the molecule is CCCS(=O)(=O)c1ccc(-c2coc3ccc(-c4nnc(C)o4)cc23)cc1. The summed E-state index contributed by atoms with van der Waals surface area (Å²) in [6.45, 7) is 3.60. The lowest BCUT2D eigenvalue weighted by molar-refractivity contribution is 0.533. The lowest BCUT2D eigenvalue weighted by atomic mass is 10.0. The molecule has 0 unspecified atom stereocenters. The van der Waals surface area contributed by atoms with E-state index in [0.29, 0.717) is 23.1 Å². The maximum absolute atomic E-state index is 12.2. The van der Waals surface area contributed by atoms with Gasteiger partial charge in [-0.05, 0) is 42.3 Å². The van der Waals surface area contributed by atoms with Crippen LogP contribution in [0.1, 0.15) is 19.2 Å². The number of hydrogen-bond donors (Lipinski definition) is 0. The van der Waals surface area contributed by atoms with Crippen LogP contribution in [0.3, 0.4) is 0 Å². The molecule has 0 bridgehead atoms. The highest BCUT2D eigenvalue weighted by atomic mass is 32.2. The predicted molar refractivity (Wildman–Crippen MR) is 102 cm³/mol. The summed E-state index contributed by atoms with van der Waals surface area (Å²) in [6, 6.07) is 12.5. The van der Waals surface area contributed by atoms with E-state index in [0.717, 1.165) is 27.7 Å². The molecule has 0 spiro atoms. The van der Waals surface area contributed by atoms with Crippen LogP contribution in [0.5, 0.6) is 0 Å². The number of fused-ring (bicyclic) bond motifs is 1. The van der Waals surface area contributed by atoms with Gasteiger partial charge in [-0.2, -0.15) is 0 Å². The van der Waals surface area contributed by atoms with Crippen LogP contribution in [0, 0.1) is 6.92 Å². The Morgan fingerprint density at radius 1 is 1.00 bits per heavy atom. The molecular formula is C20H18N2O4S. The Morgan fingerprint density at radius 3 is 2.41 bits per heavy atom. The summed E-state index contributed by atoms with van der Waals surface area (Å²) in [4.78, 5) is 0.336. The van der Waals surface area contributed by atoms with Gasteiger partial charge in [0.05, 0.1) is 16.9 Å². The first-order chi connectivity index (χ1) is 13.0. The van der Waals surface area contributed by atoms with Gasteiger partial charge in [0.2, 0.25) is 11.8 Å². The minimum Gasteiger partial charge on any atom is -0.464 e. The van der Waals surface area contributed by atoms with Gasteiger partial charge < -0.3 is 8.83 Å². The molecule has 27 heavy (non-hydrogen) atoms. The van der Waals surface area contributed by atoms with Crippen LogP contribution >= 0.6 is 0 Å². The average Bonchev–Trinajstić information content (AvgIpc) is 3.27. The number of benzene rings is 2. The van der Waals surface area contributed by atoms with E-state index in [4.69, 9.17) is 8.83 Å². The molecule has 0 atom stereocenters. The second-order valence-electron chi connectivity index (χ2n) is 6.33. The lowest BCUT2D eigenvalue weighted by Crippen LogP contribution is -2.05. The minimum absolute atomic E-state index is 0.147. The topological polar surface area (TPSA) is 86.2 Å². The van der Waals surface area contributed by atoms with Crippen molar-refractivity contribution >= 4 is 20.8 Å². The molecule has 2 aromatic carbocycles. The minimum atomic E-state index is -3.23. The molecule has 0 saturated carbocycles. The van der Waals surface area contributed by atoms with E-state index in [1.807, 2.05) is 25.1 Å². The Bertz CT molecular complexity index is 1200. The van der Waals surface area contributed by atoms with Crippen LogP contribution in [0.4, 0.5) is 0 Å². The zero-order chi connectivity index (χ0) is 19.0. The summed E-state index contributed by atoms with van der Waals surface area (Å²) in [6.07, 6.45) is 2.26. The number of aryl methyl sites for hydroxylation is 1. The van der Waals surface area contributed by atoms with Crippen molar-refractivity contribution in [1.82, 2.24) is 10.2 Å². The van der Waals surface area contributed by atoms with E-state index in [1.165, 1.54) is 0 Å². The van der Waals surface area contributed by atoms with Crippen LogP contribution in [0.2, 0.25) is 0 Å². The average molecular weight is 382 g/mol. The molecular weight excluding hydrogens is 364 g/mol. The maximum atomic E-state index is 12.2. The van der Waals surface area contributed by atoms with Gasteiger partial charge in [-0.3, -0.25) is 0 Å². The van der Waals surface area contributed by atoms with Crippen molar-refractivity contribution in [3.63, 3.8) is 0 Å². The largest absolute Gasteiger partial charge is 0.464 e. The highest BCUT2D eigenvalue weighted by Gasteiger charge is 2.15. The van der Waals surface area contributed by atoms with Gasteiger partial charge in [0, 0.05) is 23.4 Å². The van der Waals surface area contributed by atoms with Gasteiger partial charge in [0.15, 0.2) is 9.84 Å². The van der Waals surface area contributed by atoms with Crippen LogP contribution in [0.15, 0.2) is 62.5 Å². The summed E-state index contributed by atoms with van der Waals surface area (Å²) in [5, 5.41) is 8.81. The van der Waals surface area contributed by atoms with E-state index in [9.17, 15) is 8.42 Å². The second kappa shape index (κ2) is 6.66. The predicted octanol–water partition coefficient (Wildman–Crippen LogP) is 4.64. The molecule has 2 heterocycles. The molecule has 0 radical (unpaired) electrons. The number of nitrogens with zero attached hydrogens (tertiary/aromatic N) is 2. The molecule has 0 amide bonds. The standard InChI is InChI=1S/C20H18N2O4S/c1-3-10-27(23,24)16-7-4-14(5-8-16)18-12-25-19-9-6-15(11-17(18)19)20-22-21-13(2)26-20/h4-9,11-12H,3,10H2,1-2H3. The number of rotatable bonds is 5. The Kier molecular flexibility index (Phi) is 4.31. The fourth-order valence-electron chi connectivity index (χ4n) is 3.03. The summed E-state index contributed by atoms with van der Waals surface area (Å²) in [5.74, 6) is 1.09. The van der Waals surface area contributed by atoms with Gasteiger partial charge in [-0.15, -0.1) is 10.2 Å². The molecule has 4 aromatic rings. The van der Waals surface area contributed by atoms with E-state index in [2.05, 4.69) is 10.2 Å². The van der Waals surface area contributed by atoms with E-state index < -0.39 is 9.84 Å². The Hall–Kier alpha value is -2.93. The molecule has 0 N–H and O–H groups in total. The highest BCUT2D eigenvalue weighted by molar-refractivity contribution is 7.91. The van der Waals surface area contributed by atoms with Crippen LogP contribution in [-0.2, 0) is 9.84 Å². The first-order valence-corrected chi connectivity index (χ1v) is 10.3. The Morgan fingerprint density at radius 2 is 1.74 bits per heavy atom. The Balaban J connectivity index is 1.75. The van der Waals surface area contributed by atoms with Crippen molar-refractivity contribution in [3.05, 3.63) is 54.6 Å². The quantitative estimate of drug-likeness (QED) is 0.500. The Labute approximate surface area is 156 Å². The molecule has 0 aliphatic carbocycles. The third-order valence-electron chi connectivity index (χ3n) is 4.34. The molecule has 7 heteroatoms. The van der Waals surface area contributed by atoms with E-state index >= 15 is 0 Å². The van der Waals surface area contributed by atoms with Gasteiger partial charge in [0.25, 0.3) is 0 Å². The van der Waals surface area contributed by atoms with Gasteiger partial charge in [-0.25, -0.2) is 8.42 Å². The monoisotopic (exact) mass is 382 g/mol. The van der Waals surface area contributed by atoms with Crippen LogP contribution < -0.4 is 0 Å². The number of sulfone groups is 1. The van der Waals surface area contributed by atoms with Crippen molar-refractivity contribution < 1.29 is 17.3 Å². The third kappa shape index (κ3) is 3.26. The molecule has 2 aromatic heterocycles. The molecule has 0 saturated heterocycles. The number of hydrogen-bond acceptors (Lipinski definition) is 6. The number of aromatic nitrogens is 2. The zero-order valence-electron chi connectivity index (χ0n) is 15.0. The first-order valence-electron chi connectivity index (χ1n) is 8.63. The highest BCUT2D eigenvalue weighted by Crippen LogP contribution is 2.34. The molecule has 0 aliphatic rings. The van der Waals surface area contributed by atoms with Gasteiger partial charge in [-0.1, -0.05) is 19.1 Å². The van der Waals surface area contributed by atoms with Crippen molar-refractivity contribution in [1.29, 1.82) is 0 Å². The molecule has 6 nitrogen and oxygen atoms in total. The van der Waals surface area contributed by atoms with Crippen molar-refractivity contribution in [2.75, 3.05) is 5.75 Å². The second-order valence-corrected chi connectivity index (χ2v) is 8.44. The van der Waals surface area contributed by atoms with Crippen molar-refractivity contribution in [2.24, 2.45) is 0 Å². The molecule has 0 fully saturated rings. The molecule has 0 aliphatic heterocycles. The van der Waals surface area contributed by atoms with E-state index in [-0.39, 0.29) is 5.75 Å². The zero-order valence-corrected chi connectivity index (χ0v) is 15.8. The van der Waals surface area contributed by atoms with E-state index in [1.54, 1.807) is 37.5 Å². The normalized spacial score (nSPS) is 11.9. The summed E-state index contributed by atoms with van der Waals surface area (Å²) in [5.41, 5.74) is 3.28. The van der Waals surface area contributed by atoms with Crippen LogP contribution in [0.25, 0.3) is 33.6 Å². The van der Waals surface area contributed by atoms with Crippen molar-refractivity contribution in [2.45, 2.75) is 25.2 Å². The maximum Gasteiger partial charge on any atom is 0.247 e.